The molecule has 92 valence electrons. The molecule has 1 aromatic carbocycles. The van der Waals surface area contributed by atoms with Gasteiger partial charge in [0.2, 0.25) is 0 Å². The van der Waals surface area contributed by atoms with Crippen molar-refractivity contribution in [1.82, 2.24) is 4.98 Å². The Kier molecular flexibility index (Phi) is 4.17. The summed E-state index contributed by atoms with van der Waals surface area (Å²) in [6, 6.07) is 7.05. The van der Waals surface area contributed by atoms with Crippen LogP contribution in [0.5, 0.6) is 5.75 Å². The highest BCUT2D eigenvalue weighted by molar-refractivity contribution is 7.09. The lowest BCUT2D eigenvalue weighted by Crippen LogP contribution is -2.00. The van der Waals surface area contributed by atoms with Gasteiger partial charge in [-0.15, -0.1) is 11.3 Å². The van der Waals surface area contributed by atoms with Crippen LogP contribution in [0.4, 0.5) is 5.69 Å². The van der Waals surface area contributed by atoms with Crippen LogP contribution in [0.3, 0.4) is 0 Å². The molecule has 0 aliphatic heterocycles. The summed E-state index contributed by atoms with van der Waals surface area (Å²) >= 11 is 1.65. The molecule has 0 bridgehead atoms. The molecule has 0 fully saturated rings. The van der Waals surface area contributed by atoms with Crippen molar-refractivity contribution in [2.75, 3.05) is 6.61 Å². The largest absolute Gasteiger partial charge is 0.493 e. The van der Waals surface area contributed by atoms with Gasteiger partial charge < -0.3 is 4.74 Å². The Hall–Kier alpha value is -2.04. The summed E-state index contributed by atoms with van der Waals surface area (Å²) in [5.74, 6) is 0.772. The molecule has 2 rings (SSSR count). The third-order valence-corrected chi connectivity index (χ3v) is 3.43. The van der Waals surface area contributed by atoms with E-state index in [-0.39, 0.29) is 0 Å². The van der Waals surface area contributed by atoms with Gasteiger partial charge in [-0.1, -0.05) is 5.11 Å². The molecule has 0 spiro atoms. The van der Waals surface area contributed by atoms with Gasteiger partial charge in [0.25, 0.3) is 0 Å². The van der Waals surface area contributed by atoms with Crippen LogP contribution in [0.25, 0.3) is 10.4 Å². The van der Waals surface area contributed by atoms with Crippen LogP contribution in [0.15, 0.2) is 34.9 Å². The number of benzene rings is 1. The fraction of sp³-hybridized carbons (Fsp3) is 0.250. The number of hydrogen-bond donors (Lipinski definition) is 0. The summed E-state index contributed by atoms with van der Waals surface area (Å²) in [5.41, 5.74) is 11.8. The van der Waals surface area contributed by atoms with Crippen LogP contribution in [-0.4, -0.2) is 11.6 Å². The monoisotopic (exact) mass is 260 g/mol. The van der Waals surface area contributed by atoms with Crippen LogP contribution in [-0.2, 0) is 6.42 Å². The number of aromatic nitrogens is 1. The zero-order chi connectivity index (χ0) is 12.8. The number of nitrogens with zero attached hydrogens (tertiary/aromatic N) is 4. The van der Waals surface area contributed by atoms with Gasteiger partial charge in [0.1, 0.15) is 5.75 Å². The minimum Gasteiger partial charge on any atom is -0.493 e. The molecule has 0 aliphatic rings. The van der Waals surface area contributed by atoms with E-state index < -0.39 is 0 Å². The molecule has 1 heterocycles. The Morgan fingerprint density at radius 3 is 2.78 bits per heavy atom. The highest BCUT2D eigenvalue weighted by Crippen LogP contribution is 2.19. The Morgan fingerprint density at radius 1 is 1.39 bits per heavy atom. The highest BCUT2D eigenvalue weighted by atomic mass is 32.1. The number of aryl methyl sites for hydroxylation is 1. The van der Waals surface area contributed by atoms with Gasteiger partial charge >= 0.3 is 0 Å². The topological polar surface area (TPSA) is 70.9 Å². The third-order valence-electron chi connectivity index (χ3n) is 2.44. The fourth-order valence-electron chi connectivity index (χ4n) is 1.49. The maximum absolute atomic E-state index is 8.28. The molecule has 2 aromatic rings. The van der Waals surface area contributed by atoms with Crippen molar-refractivity contribution < 1.29 is 4.74 Å². The molecule has 0 atom stereocenters. The van der Waals surface area contributed by atoms with Crippen LogP contribution >= 0.6 is 11.3 Å². The second-order valence-electron chi connectivity index (χ2n) is 3.64. The first-order valence-corrected chi connectivity index (χ1v) is 6.34. The lowest BCUT2D eigenvalue weighted by Gasteiger charge is -2.05. The molecule has 5 nitrogen and oxygen atoms in total. The van der Waals surface area contributed by atoms with Crippen molar-refractivity contribution in [3.63, 3.8) is 0 Å². The van der Waals surface area contributed by atoms with Crippen molar-refractivity contribution in [2.45, 2.75) is 13.3 Å². The van der Waals surface area contributed by atoms with Crippen molar-refractivity contribution in [2.24, 2.45) is 5.11 Å². The first-order valence-electron chi connectivity index (χ1n) is 5.46. The molecular formula is C12H12N4OS. The molecule has 6 heteroatoms. The molecular weight excluding hydrogens is 248 g/mol. The maximum atomic E-state index is 8.28. The van der Waals surface area contributed by atoms with E-state index in [4.69, 9.17) is 10.3 Å². The van der Waals surface area contributed by atoms with Gasteiger partial charge in [-0.05, 0) is 36.7 Å². The van der Waals surface area contributed by atoms with Crippen LogP contribution in [0.2, 0.25) is 0 Å². The van der Waals surface area contributed by atoms with E-state index >= 15 is 0 Å². The summed E-state index contributed by atoms with van der Waals surface area (Å²) in [6.07, 6.45) is 0.856. The number of rotatable bonds is 5. The number of thiazole rings is 1. The number of azide groups is 1. The smallest absolute Gasteiger partial charge is 0.119 e. The van der Waals surface area contributed by atoms with Crippen molar-refractivity contribution in [3.05, 3.63) is 50.8 Å². The minimum absolute atomic E-state index is 0.586. The summed E-state index contributed by atoms with van der Waals surface area (Å²) in [7, 11) is 0. The van der Waals surface area contributed by atoms with Crippen LogP contribution in [0.1, 0.15) is 10.6 Å². The Bertz CT molecular complexity index is 558. The van der Waals surface area contributed by atoms with Crippen LogP contribution < -0.4 is 4.74 Å². The van der Waals surface area contributed by atoms with E-state index in [2.05, 4.69) is 15.0 Å². The predicted octanol–water partition coefficient (Wildman–Crippen LogP) is 4.01. The van der Waals surface area contributed by atoms with E-state index in [1.165, 1.54) is 4.88 Å². The van der Waals surface area contributed by atoms with Gasteiger partial charge in [-0.3, -0.25) is 0 Å². The highest BCUT2D eigenvalue weighted by Gasteiger charge is 2.01. The van der Waals surface area contributed by atoms with E-state index in [9.17, 15) is 0 Å². The molecule has 0 amide bonds. The predicted molar refractivity (Wildman–Crippen MR) is 71.3 cm³/mol. The zero-order valence-corrected chi connectivity index (χ0v) is 10.7. The second-order valence-corrected chi connectivity index (χ2v) is 4.58. The van der Waals surface area contributed by atoms with Crippen molar-refractivity contribution in [1.29, 1.82) is 0 Å². The van der Waals surface area contributed by atoms with Gasteiger partial charge in [0.05, 0.1) is 17.8 Å². The quantitative estimate of drug-likeness (QED) is 0.463. The van der Waals surface area contributed by atoms with Crippen molar-refractivity contribution >= 4 is 17.0 Å². The van der Waals surface area contributed by atoms with E-state index in [1.54, 1.807) is 35.6 Å². The van der Waals surface area contributed by atoms with E-state index in [0.29, 0.717) is 12.3 Å². The Balaban J connectivity index is 1.87. The zero-order valence-electron chi connectivity index (χ0n) is 9.91. The van der Waals surface area contributed by atoms with Gasteiger partial charge in [-0.2, -0.15) is 0 Å². The average Bonchev–Trinajstić information content (AvgIpc) is 2.78. The molecule has 0 saturated heterocycles. The minimum atomic E-state index is 0.586. The average molecular weight is 260 g/mol. The first-order chi connectivity index (χ1) is 8.79. The standard InChI is InChI=1S/C12H12N4OS/c1-9-12(18-8-14-9)6-7-17-11-4-2-10(3-5-11)15-16-13/h2-5,8H,6-7H2,1H3. The number of ether oxygens (including phenoxy) is 1. The number of hydrogen-bond acceptors (Lipinski definition) is 4. The molecule has 0 aliphatic carbocycles. The molecule has 0 N–H and O–H groups in total. The van der Waals surface area contributed by atoms with E-state index in [1.807, 2.05) is 12.4 Å². The molecule has 0 radical (unpaired) electrons. The van der Waals surface area contributed by atoms with Gasteiger partial charge in [0, 0.05) is 21.9 Å². The van der Waals surface area contributed by atoms with Gasteiger partial charge in [0.15, 0.2) is 0 Å². The summed E-state index contributed by atoms with van der Waals surface area (Å²) in [4.78, 5) is 8.16. The summed E-state index contributed by atoms with van der Waals surface area (Å²) in [6.45, 7) is 2.62. The van der Waals surface area contributed by atoms with E-state index in [0.717, 1.165) is 17.9 Å². The van der Waals surface area contributed by atoms with Gasteiger partial charge in [-0.25, -0.2) is 4.98 Å². The Morgan fingerprint density at radius 2 is 2.17 bits per heavy atom. The normalized spacial score (nSPS) is 9.83. The SMILES string of the molecule is Cc1ncsc1CCOc1ccc(N=[N+]=[N-])cc1. The summed E-state index contributed by atoms with van der Waals surface area (Å²) in [5, 5.41) is 3.50. The molecule has 18 heavy (non-hydrogen) atoms. The molecule has 0 unspecified atom stereocenters. The lowest BCUT2D eigenvalue weighted by atomic mass is 10.3. The maximum Gasteiger partial charge on any atom is 0.119 e. The van der Waals surface area contributed by atoms with Crippen LogP contribution in [0, 0.1) is 6.92 Å². The fourth-order valence-corrected chi connectivity index (χ4v) is 2.25. The summed E-state index contributed by atoms with van der Waals surface area (Å²) < 4.78 is 5.61. The lowest BCUT2D eigenvalue weighted by molar-refractivity contribution is 0.322. The second kappa shape index (κ2) is 6.05. The molecule has 0 saturated carbocycles. The Labute approximate surface area is 109 Å². The van der Waals surface area contributed by atoms with Crippen molar-refractivity contribution in [3.8, 4) is 5.75 Å². The molecule has 1 aromatic heterocycles. The third kappa shape index (κ3) is 3.23. The first kappa shape index (κ1) is 12.4.